The number of benzene rings is 4. The SMILES string of the molecule is NCCC(C(=O)Nc1ccc2n[nH]c(CNc3ccccc3)c2c1)c1cccc(OCc2ccccc2)c1. The van der Waals surface area contributed by atoms with Crippen molar-refractivity contribution in [2.75, 3.05) is 17.2 Å². The van der Waals surface area contributed by atoms with Crippen LogP contribution in [0.1, 0.15) is 29.2 Å². The Balaban J connectivity index is 1.29. The van der Waals surface area contributed by atoms with E-state index >= 15 is 0 Å². The molecular weight excluding hydrogens is 474 g/mol. The summed E-state index contributed by atoms with van der Waals surface area (Å²) in [5.74, 6) is 0.207. The zero-order chi connectivity index (χ0) is 26.2. The molecule has 5 aromatic rings. The second kappa shape index (κ2) is 12.1. The number of carbonyl (C=O) groups excluding carboxylic acids is 1. The van der Waals surface area contributed by atoms with Gasteiger partial charge in [-0.3, -0.25) is 9.89 Å². The van der Waals surface area contributed by atoms with Gasteiger partial charge in [-0.1, -0.05) is 60.7 Å². The fourth-order valence-electron chi connectivity index (χ4n) is 4.43. The van der Waals surface area contributed by atoms with Gasteiger partial charge in [-0.15, -0.1) is 0 Å². The number of anilines is 2. The second-order valence-corrected chi connectivity index (χ2v) is 9.12. The van der Waals surface area contributed by atoms with Crippen molar-refractivity contribution in [2.45, 2.75) is 25.5 Å². The van der Waals surface area contributed by atoms with Crippen LogP contribution in [-0.2, 0) is 17.9 Å². The quantitative estimate of drug-likeness (QED) is 0.181. The molecule has 7 nitrogen and oxygen atoms in total. The molecule has 0 spiro atoms. The Labute approximate surface area is 222 Å². The number of carbonyl (C=O) groups is 1. The van der Waals surface area contributed by atoms with E-state index in [4.69, 9.17) is 10.5 Å². The number of nitrogens with two attached hydrogens (primary N) is 1. The van der Waals surface area contributed by atoms with Gasteiger partial charge in [-0.05, 0) is 66.6 Å². The van der Waals surface area contributed by atoms with Crippen molar-refractivity contribution in [1.82, 2.24) is 10.2 Å². The summed E-state index contributed by atoms with van der Waals surface area (Å²) in [5.41, 5.74) is 11.4. The number of aromatic nitrogens is 2. The number of nitrogens with zero attached hydrogens (tertiary/aromatic N) is 1. The number of ether oxygens (including phenoxy) is 1. The van der Waals surface area contributed by atoms with Crippen molar-refractivity contribution < 1.29 is 9.53 Å². The first kappa shape index (κ1) is 25.0. The number of para-hydroxylation sites is 1. The van der Waals surface area contributed by atoms with E-state index in [1.54, 1.807) is 0 Å². The Kier molecular flexibility index (Phi) is 7.96. The number of fused-ring (bicyclic) bond motifs is 1. The molecule has 4 aromatic carbocycles. The summed E-state index contributed by atoms with van der Waals surface area (Å²) in [6.07, 6.45) is 0.522. The molecule has 0 fully saturated rings. The summed E-state index contributed by atoms with van der Waals surface area (Å²) >= 11 is 0. The maximum Gasteiger partial charge on any atom is 0.231 e. The predicted octanol–water partition coefficient (Wildman–Crippen LogP) is 5.83. The van der Waals surface area contributed by atoms with Crippen LogP contribution in [0.3, 0.4) is 0 Å². The monoisotopic (exact) mass is 505 g/mol. The van der Waals surface area contributed by atoms with Crippen LogP contribution < -0.4 is 21.1 Å². The molecule has 0 aliphatic rings. The van der Waals surface area contributed by atoms with E-state index in [2.05, 4.69) is 20.8 Å². The Morgan fingerprint density at radius 3 is 2.47 bits per heavy atom. The van der Waals surface area contributed by atoms with E-state index in [9.17, 15) is 4.79 Å². The van der Waals surface area contributed by atoms with Gasteiger partial charge in [0.25, 0.3) is 0 Å². The molecule has 0 radical (unpaired) electrons. The predicted molar refractivity (Wildman–Crippen MR) is 152 cm³/mol. The van der Waals surface area contributed by atoms with Gasteiger partial charge in [-0.25, -0.2) is 0 Å². The van der Waals surface area contributed by atoms with Gasteiger partial charge in [0.15, 0.2) is 0 Å². The lowest BCUT2D eigenvalue weighted by Gasteiger charge is -2.18. The van der Waals surface area contributed by atoms with Crippen LogP contribution in [0.5, 0.6) is 5.75 Å². The van der Waals surface area contributed by atoms with E-state index in [0.29, 0.717) is 31.8 Å². The molecule has 0 aliphatic heterocycles. The van der Waals surface area contributed by atoms with Gasteiger partial charge in [0.2, 0.25) is 5.91 Å². The molecule has 0 saturated carbocycles. The Hall–Kier alpha value is -4.62. The summed E-state index contributed by atoms with van der Waals surface area (Å²) in [4.78, 5) is 13.4. The van der Waals surface area contributed by atoms with Crippen LogP contribution in [-0.4, -0.2) is 22.6 Å². The summed E-state index contributed by atoms with van der Waals surface area (Å²) in [6.45, 7) is 1.44. The molecule has 38 heavy (non-hydrogen) atoms. The van der Waals surface area contributed by atoms with Crippen LogP contribution in [0.2, 0.25) is 0 Å². The molecule has 1 amide bonds. The fraction of sp³-hybridized carbons (Fsp3) is 0.161. The van der Waals surface area contributed by atoms with Crippen molar-refractivity contribution in [1.29, 1.82) is 0 Å². The molecule has 0 bridgehead atoms. The van der Waals surface area contributed by atoms with Gasteiger partial charge < -0.3 is 21.1 Å². The van der Waals surface area contributed by atoms with Gasteiger partial charge in [0, 0.05) is 16.8 Å². The zero-order valence-corrected chi connectivity index (χ0v) is 21.1. The van der Waals surface area contributed by atoms with Crippen molar-refractivity contribution in [3.63, 3.8) is 0 Å². The van der Waals surface area contributed by atoms with Crippen molar-refractivity contribution in [2.24, 2.45) is 5.73 Å². The Bertz CT molecular complexity index is 1480. The standard InChI is InChI=1S/C31H31N5O2/c32-17-16-27(23-10-7-13-26(18-23)38-21-22-8-3-1-4-9-22)31(37)34-25-14-15-29-28(19-25)30(36-35-29)20-33-24-11-5-2-6-12-24/h1-15,18-19,27,33H,16-17,20-21,32H2,(H,34,37)(H,35,36). The molecule has 1 heterocycles. The van der Waals surface area contributed by atoms with Crippen molar-refractivity contribution in [3.8, 4) is 5.75 Å². The highest BCUT2D eigenvalue weighted by Gasteiger charge is 2.21. The van der Waals surface area contributed by atoms with Crippen LogP contribution >= 0.6 is 0 Å². The first-order valence-corrected chi connectivity index (χ1v) is 12.7. The Morgan fingerprint density at radius 2 is 1.68 bits per heavy atom. The van der Waals surface area contributed by atoms with E-state index < -0.39 is 5.92 Å². The van der Waals surface area contributed by atoms with E-state index in [-0.39, 0.29) is 5.91 Å². The van der Waals surface area contributed by atoms with E-state index in [1.165, 1.54) is 0 Å². The number of hydrogen-bond donors (Lipinski definition) is 4. The van der Waals surface area contributed by atoms with Gasteiger partial charge >= 0.3 is 0 Å². The summed E-state index contributed by atoms with van der Waals surface area (Å²) in [5, 5.41) is 15.0. The lowest BCUT2D eigenvalue weighted by Crippen LogP contribution is -2.23. The van der Waals surface area contributed by atoms with E-state index in [1.807, 2.05) is 103 Å². The average Bonchev–Trinajstić information content (AvgIpc) is 3.37. The van der Waals surface area contributed by atoms with Gasteiger partial charge in [0.1, 0.15) is 12.4 Å². The third kappa shape index (κ3) is 6.19. The van der Waals surface area contributed by atoms with E-state index in [0.717, 1.165) is 39.2 Å². The average molecular weight is 506 g/mol. The normalized spacial score (nSPS) is 11.7. The molecule has 0 saturated heterocycles. The van der Waals surface area contributed by atoms with Crippen LogP contribution in [0.25, 0.3) is 10.9 Å². The van der Waals surface area contributed by atoms with Crippen LogP contribution in [0.15, 0.2) is 103 Å². The van der Waals surface area contributed by atoms with Crippen LogP contribution in [0, 0.1) is 0 Å². The topological polar surface area (TPSA) is 105 Å². The number of amides is 1. The minimum absolute atomic E-state index is 0.109. The number of hydrogen-bond acceptors (Lipinski definition) is 5. The lowest BCUT2D eigenvalue weighted by atomic mass is 9.94. The zero-order valence-electron chi connectivity index (χ0n) is 21.1. The molecule has 1 aromatic heterocycles. The minimum Gasteiger partial charge on any atom is -0.489 e. The number of rotatable bonds is 11. The Morgan fingerprint density at radius 1 is 0.895 bits per heavy atom. The number of nitrogens with one attached hydrogen (secondary N) is 3. The highest BCUT2D eigenvalue weighted by molar-refractivity contribution is 5.98. The van der Waals surface area contributed by atoms with Crippen molar-refractivity contribution in [3.05, 3.63) is 120 Å². The molecule has 192 valence electrons. The first-order valence-electron chi connectivity index (χ1n) is 12.7. The maximum absolute atomic E-state index is 13.4. The largest absolute Gasteiger partial charge is 0.489 e. The maximum atomic E-state index is 13.4. The lowest BCUT2D eigenvalue weighted by molar-refractivity contribution is -0.117. The minimum atomic E-state index is -0.403. The summed E-state index contributed by atoms with van der Waals surface area (Å²) in [6, 6.07) is 33.4. The molecule has 5 N–H and O–H groups in total. The molecule has 1 unspecified atom stereocenters. The number of aromatic amines is 1. The first-order chi connectivity index (χ1) is 18.7. The summed E-state index contributed by atoms with van der Waals surface area (Å²) < 4.78 is 5.99. The number of H-pyrrole nitrogens is 1. The van der Waals surface area contributed by atoms with Gasteiger partial charge in [-0.2, -0.15) is 5.10 Å². The third-order valence-corrected chi connectivity index (χ3v) is 6.42. The molecule has 7 heteroatoms. The van der Waals surface area contributed by atoms with Crippen molar-refractivity contribution >= 4 is 28.2 Å². The highest BCUT2D eigenvalue weighted by atomic mass is 16.5. The smallest absolute Gasteiger partial charge is 0.231 e. The highest BCUT2D eigenvalue weighted by Crippen LogP contribution is 2.27. The molecule has 5 rings (SSSR count). The summed E-state index contributed by atoms with van der Waals surface area (Å²) in [7, 11) is 0. The van der Waals surface area contributed by atoms with Crippen LogP contribution in [0.4, 0.5) is 11.4 Å². The fourth-order valence-corrected chi connectivity index (χ4v) is 4.43. The van der Waals surface area contributed by atoms with Gasteiger partial charge in [0.05, 0.1) is 23.7 Å². The second-order valence-electron chi connectivity index (χ2n) is 9.12. The molecule has 1 atom stereocenters. The molecule has 0 aliphatic carbocycles. The third-order valence-electron chi connectivity index (χ3n) is 6.42. The molecular formula is C31H31N5O2.